The highest BCUT2D eigenvalue weighted by Gasteiger charge is 2.37. The Labute approximate surface area is 154 Å². The second kappa shape index (κ2) is 9.37. The maximum atomic E-state index is 6.30. The van der Waals surface area contributed by atoms with Gasteiger partial charge in [0, 0.05) is 0 Å². The monoisotopic (exact) mass is 362 g/mol. The van der Waals surface area contributed by atoms with Crippen LogP contribution in [0, 0.1) is 0 Å². The Balaban J connectivity index is 2.79. The van der Waals surface area contributed by atoms with E-state index in [0.29, 0.717) is 6.61 Å². The molecule has 0 saturated carbocycles. The maximum Gasteiger partial charge on any atom is 0.192 e. The Morgan fingerprint density at radius 2 is 1.72 bits per heavy atom. The molecule has 0 aromatic heterocycles. The Kier molecular flexibility index (Phi) is 8.12. The van der Waals surface area contributed by atoms with Crippen LogP contribution in [0.15, 0.2) is 49.6 Å². The molecule has 25 heavy (non-hydrogen) atoms. The van der Waals surface area contributed by atoms with Crippen molar-refractivity contribution in [3.8, 4) is 5.75 Å². The van der Waals surface area contributed by atoms with Crippen LogP contribution in [-0.4, -0.2) is 28.1 Å². The fourth-order valence-electron chi connectivity index (χ4n) is 2.12. The van der Waals surface area contributed by atoms with E-state index in [9.17, 15) is 0 Å². The van der Waals surface area contributed by atoms with Gasteiger partial charge in [-0.05, 0) is 42.2 Å². The summed E-state index contributed by atoms with van der Waals surface area (Å²) in [5.41, 5.74) is 1.10. The molecule has 0 aliphatic rings. The second-order valence-corrected chi connectivity index (χ2v) is 12.6. The van der Waals surface area contributed by atoms with Gasteiger partial charge in [0.2, 0.25) is 0 Å². The van der Waals surface area contributed by atoms with Gasteiger partial charge in [0.05, 0.1) is 25.9 Å². The van der Waals surface area contributed by atoms with E-state index in [2.05, 4.69) is 47.0 Å². The molecule has 0 amide bonds. The van der Waals surface area contributed by atoms with Crippen molar-refractivity contribution in [2.24, 2.45) is 0 Å². The molecule has 0 saturated heterocycles. The molecule has 4 heteroatoms. The number of rotatable bonds is 10. The van der Waals surface area contributed by atoms with Gasteiger partial charge in [-0.3, -0.25) is 0 Å². The van der Waals surface area contributed by atoms with Gasteiger partial charge in [-0.2, -0.15) is 0 Å². The van der Waals surface area contributed by atoms with Gasteiger partial charge >= 0.3 is 0 Å². The Bertz CT molecular complexity index is 543. The number of hydrogen-bond acceptors (Lipinski definition) is 3. The van der Waals surface area contributed by atoms with Gasteiger partial charge in [-0.25, -0.2) is 0 Å². The molecule has 0 fully saturated rings. The lowest BCUT2D eigenvalue weighted by molar-refractivity contribution is -0.0109. The lowest BCUT2D eigenvalue weighted by atomic mass is 10.1. The third kappa shape index (κ3) is 6.46. The zero-order valence-electron chi connectivity index (χ0n) is 16.7. The SMILES string of the molecule is C=CCC(O[C@H](C=C)CO[Si](C)(C)C(C)(C)C)c1ccc(OC)cc1. The average Bonchev–Trinajstić information content (AvgIpc) is 2.56. The molecule has 1 aromatic rings. The summed E-state index contributed by atoms with van der Waals surface area (Å²) in [6.07, 6.45) is 4.21. The third-order valence-electron chi connectivity index (χ3n) is 4.88. The summed E-state index contributed by atoms with van der Waals surface area (Å²) in [7, 11) is -0.144. The number of hydrogen-bond donors (Lipinski definition) is 0. The Morgan fingerprint density at radius 3 is 2.16 bits per heavy atom. The van der Waals surface area contributed by atoms with Crippen LogP contribution in [0.4, 0.5) is 0 Å². The minimum atomic E-state index is -1.81. The van der Waals surface area contributed by atoms with Crippen molar-refractivity contribution >= 4 is 8.32 Å². The minimum absolute atomic E-state index is 0.0746. The van der Waals surface area contributed by atoms with Gasteiger partial charge in [0.1, 0.15) is 5.75 Å². The molecule has 0 aliphatic carbocycles. The summed E-state index contributed by atoms with van der Waals surface area (Å²) in [4.78, 5) is 0. The predicted octanol–water partition coefficient (Wildman–Crippen LogP) is 5.91. The van der Waals surface area contributed by atoms with Crippen molar-refractivity contribution in [1.29, 1.82) is 0 Å². The highest BCUT2D eigenvalue weighted by Crippen LogP contribution is 2.37. The lowest BCUT2D eigenvalue weighted by Gasteiger charge is -2.37. The fraction of sp³-hybridized carbons (Fsp3) is 0.524. The van der Waals surface area contributed by atoms with E-state index in [1.54, 1.807) is 7.11 Å². The van der Waals surface area contributed by atoms with Crippen LogP contribution < -0.4 is 4.74 Å². The van der Waals surface area contributed by atoms with E-state index in [1.165, 1.54) is 0 Å². The Hall–Kier alpha value is -1.36. The van der Waals surface area contributed by atoms with Gasteiger partial charge < -0.3 is 13.9 Å². The van der Waals surface area contributed by atoms with Crippen LogP contribution in [-0.2, 0) is 9.16 Å². The normalized spacial score (nSPS) is 14.6. The first-order valence-corrected chi connectivity index (χ1v) is 11.7. The Morgan fingerprint density at radius 1 is 1.12 bits per heavy atom. The zero-order valence-corrected chi connectivity index (χ0v) is 17.7. The molecule has 1 rings (SSSR count). The summed E-state index contributed by atoms with van der Waals surface area (Å²) in [6, 6.07) is 7.96. The summed E-state index contributed by atoms with van der Waals surface area (Å²) < 4.78 is 17.8. The molecule has 0 N–H and O–H groups in total. The minimum Gasteiger partial charge on any atom is -0.497 e. The van der Waals surface area contributed by atoms with Gasteiger partial charge in [0.25, 0.3) is 0 Å². The maximum absolute atomic E-state index is 6.30. The smallest absolute Gasteiger partial charge is 0.192 e. The second-order valence-electron chi connectivity index (χ2n) is 7.77. The molecular weight excluding hydrogens is 328 g/mol. The van der Waals surface area contributed by atoms with E-state index in [1.807, 2.05) is 36.4 Å². The van der Waals surface area contributed by atoms with Crippen LogP contribution in [0.5, 0.6) is 5.75 Å². The average molecular weight is 363 g/mol. The molecular formula is C21H34O3Si. The van der Waals surface area contributed by atoms with Crippen LogP contribution in [0.1, 0.15) is 38.9 Å². The molecule has 0 bridgehead atoms. The van der Waals surface area contributed by atoms with Crippen molar-refractivity contribution in [1.82, 2.24) is 0 Å². The van der Waals surface area contributed by atoms with Crippen molar-refractivity contribution in [2.45, 2.75) is 57.5 Å². The van der Waals surface area contributed by atoms with Crippen LogP contribution in [0.2, 0.25) is 18.1 Å². The lowest BCUT2D eigenvalue weighted by Crippen LogP contribution is -2.42. The molecule has 0 aliphatic heterocycles. The molecule has 1 unspecified atom stereocenters. The van der Waals surface area contributed by atoms with Crippen LogP contribution in [0.25, 0.3) is 0 Å². The highest BCUT2D eigenvalue weighted by molar-refractivity contribution is 6.74. The van der Waals surface area contributed by atoms with Gasteiger partial charge in [-0.1, -0.05) is 45.1 Å². The van der Waals surface area contributed by atoms with Crippen molar-refractivity contribution in [3.63, 3.8) is 0 Å². The predicted molar refractivity (Wildman–Crippen MR) is 109 cm³/mol. The summed E-state index contributed by atoms with van der Waals surface area (Å²) in [6.45, 7) is 19.5. The molecule has 2 atom stereocenters. The topological polar surface area (TPSA) is 27.7 Å². The quantitative estimate of drug-likeness (QED) is 0.383. The summed E-state index contributed by atoms with van der Waals surface area (Å²) in [5.74, 6) is 0.836. The number of ether oxygens (including phenoxy) is 2. The highest BCUT2D eigenvalue weighted by atomic mass is 28.4. The first-order valence-electron chi connectivity index (χ1n) is 8.81. The van der Waals surface area contributed by atoms with Gasteiger partial charge in [-0.15, -0.1) is 13.2 Å². The molecule has 0 radical (unpaired) electrons. The molecule has 0 heterocycles. The van der Waals surface area contributed by atoms with Crippen LogP contribution in [0.3, 0.4) is 0 Å². The summed E-state index contributed by atoms with van der Waals surface area (Å²) in [5, 5.41) is 0.176. The van der Waals surface area contributed by atoms with E-state index < -0.39 is 8.32 Å². The van der Waals surface area contributed by atoms with Crippen molar-refractivity contribution in [3.05, 3.63) is 55.1 Å². The molecule has 0 spiro atoms. The fourth-order valence-corrected chi connectivity index (χ4v) is 3.13. The first-order chi connectivity index (χ1) is 11.6. The zero-order chi connectivity index (χ0) is 19.1. The van der Waals surface area contributed by atoms with Gasteiger partial charge in [0.15, 0.2) is 8.32 Å². The van der Waals surface area contributed by atoms with E-state index >= 15 is 0 Å². The molecule has 1 aromatic carbocycles. The third-order valence-corrected chi connectivity index (χ3v) is 9.39. The number of benzene rings is 1. The van der Waals surface area contributed by atoms with Crippen molar-refractivity contribution < 1.29 is 13.9 Å². The summed E-state index contributed by atoms with van der Waals surface area (Å²) >= 11 is 0. The number of methoxy groups -OCH3 is 1. The van der Waals surface area contributed by atoms with E-state index in [4.69, 9.17) is 13.9 Å². The first kappa shape index (κ1) is 21.7. The van der Waals surface area contributed by atoms with Crippen molar-refractivity contribution in [2.75, 3.05) is 13.7 Å². The van der Waals surface area contributed by atoms with E-state index in [0.717, 1.165) is 17.7 Å². The largest absolute Gasteiger partial charge is 0.497 e. The van der Waals surface area contributed by atoms with Crippen LogP contribution >= 0.6 is 0 Å². The standard InChI is InChI=1S/C21H34O3Si/c1-9-11-20(17-12-14-19(22-6)15-13-17)24-18(10-2)16-23-25(7,8)21(3,4)5/h9-10,12-15,18,20H,1-2,11,16H2,3-8H3/t18-,20?/m1/s1. The molecule has 140 valence electrons. The van der Waals surface area contributed by atoms with E-state index in [-0.39, 0.29) is 17.2 Å². The molecule has 3 nitrogen and oxygen atoms in total.